The molecule has 10 rings (SSSR count). The van der Waals surface area contributed by atoms with Gasteiger partial charge in [-0.2, -0.15) is 0 Å². The molecule has 0 spiro atoms. The maximum atomic E-state index is 6.78. The largest absolute Gasteiger partial charge is 0.456 e. The quantitative estimate of drug-likeness (QED) is 0.176. The summed E-state index contributed by atoms with van der Waals surface area (Å²) in [6.45, 7) is 4.26. The Hall–Kier alpha value is -6.78. The number of fused-ring (bicyclic) bond motifs is 6. The molecule has 0 saturated carbocycles. The van der Waals surface area contributed by atoms with Gasteiger partial charge in [-0.25, -0.2) is 0 Å². The van der Waals surface area contributed by atoms with E-state index in [2.05, 4.69) is 194 Å². The summed E-state index contributed by atoms with van der Waals surface area (Å²) >= 11 is 0. The first-order chi connectivity index (χ1) is 25.6. The molecule has 0 radical (unpaired) electrons. The van der Waals surface area contributed by atoms with Gasteiger partial charge in [0.15, 0.2) is 0 Å². The molecule has 9 aromatic rings. The molecule has 0 amide bonds. The number of rotatable bonds is 6. The van der Waals surface area contributed by atoms with E-state index in [0.29, 0.717) is 0 Å². The van der Waals surface area contributed by atoms with Gasteiger partial charge in [-0.05, 0) is 115 Å². The van der Waals surface area contributed by atoms with Crippen molar-refractivity contribution in [3.05, 3.63) is 181 Å². The number of nitrogens with zero attached hydrogens (tertiary/aromatic N) is 2. The van der Waals surface area contributed by atoms with Crippen LogP contribution in [0.1, 0.15) is 11.1 Å². The van der Waals surface area contributed by atoms with E-state index >= 15 is 0 Å². The number of para-hydroxylation sites is 2. The van der Waals surface area contributed by atoms with E-state index in [1.165, 1.54) is 11.1 Å². The van der Waals surface area contributed by atoms with Crippen LogP contribution in [0, 0.1) is 13.8 Å². The van der Waals surface area contributed by atoms with Crippen molar-refractivity contribution in [2.75, 3.05) is 9.80 Å². The van der Waals surface area contributed by atoms with E-state index < -0.39 is 0 Å². The van der Waals surface area contributed by atoms with E-state index in [-0.39, 0.29) is 0 Å². The minimum atomic E-state index is 0.820. The van der Waals surface area contributed by atoms with Crippen molar-refractivity contribution in [2.24, 2.45) is 0 Å². The molecule has 4 nitrogen and oxygen atoms in total. The van der Waals surface area contributed by atoms with Crippen LogP contribution in [0.3, 0.4) is 0 Å². The fourth-order valence-electron chi connectivity index (χ4n) is 7.80. The third-order valence-corrected chi connectivity index (χ3v) is 10.1. The second-order valence-corrected chi connectivity index (χ2v) is 13.6. The highest BCUT2D eigenvalue weighted by Crippen LogP contribution is 2.52. The monoisotopic (exact) mass is 670 g/mol. The van der Waals surface area contributed by atoms with Crippen molar-refractivity contribution < 1.29 is 9.15 Å². The summed E-state index contributed by atoms with van der Waals surface area (Å²) in [5.74, 6) is 1.67. The van der Waals surface area contributed by atoms with Crippen LogP contribution in [0.15, 0.2) is 174 Å². The Kier molecular flexibility index (Phi) is 6.90. The zero-order valence-corrected chi connectivity index (χ0v) is 28.9. The highest BCUT2D eigenvalue weighted by Gasteiger charge is 2.26. The number of benzene rings is 8. The van der Waals surface area contributed by atoms with Gasteiger partial charge in [0.25, 0.3) is 0 Å². The average molecular weight is 671 g/mol. The molecule has 0 unspecified atom stereocenters. The van der Waals surface area contributed by atoms with Gasteiger partial charge in [0.2, 0.25) is 0 Å². The predicted molar refractivity (Wildman–Crippen MR) is 216 cm³/mol. The van der Waals surface area contributed by atoms with Gasteiger partial charge in [0.05, 0.1) is 0 Å². The predicted octanol–water partition coefficient (Wildman–Crippen LogP) is 14.1. The standard InChI is InChI=1S/C48H34N2O2/c1-31-12-9-18-35(26-31)49(33-14-5-3-6-15-33)37-22-24-39-42-30-46-47(41-20-11-21-43(48(41)42)51-44(39)28-37)40-25-23-38(29-45(40)52-46)50(34-16-7-4-8-17-34)36-19-10-13-32(2)27-36/h3-30H,1-2H3. The Labute approximate surface area is 302 Å². The lowest BCUT2D eigenvalue weighted by atomic mass is 9.92. The summed E-state index contributed by atoms with van der Waals surface area (Å²) in [6, 6.07) is 59.8. The minimum absolute atomic E-state index is 0.820. The molecule has 0 saturated heterocycles. The van der Waals surface area contributed by atoms with Crippen molar-refractivity contribution >= 4 is 66.8 Å². The van der Waals surface area contributed by atoms with Crippen LogP contribution >= 0.6 is 0 Å². The fraction of sp³-hybridized carbons (Fsp3) is 0.0417. The molecular weight excluding hydrogens is 637 g/mol. The molecule has 248 valence electrons. The van der Waals surface area contributed by atoms with Gasteiger partial charge < -0.3 is 19.0 Å². The average Bonchev–Trinajstić information content (AvgIpc) is 3.54. The maximum Gasteiger partial charge on any atom is 0.137 e. The normalized spacial score (nSPS) is 11.8. The van der Waals surface area contributed by atoms with E-state index in [0.717, 1.165) is 89.5 Å². The van der Waals surface area contributed by atoms with Crippen LogP contribution in [0.5, 0.6) is 11.5 Å². The molecule has 4 heteroatoms. The zero-order chi connectivity index (χ0) is 34.8. The fourth-order valence-corrected chi connectivity index (χ4v) is 7.80. The number of aryl methyl sites for hydroxylation is 2. The van der Waals surface area contributed by atoms with Gasteiger partial charge in [-0.15, -0.1) is 0 Å². The molecule has 0 atom stereocenters. The number of hydrogen-bond donors (Lipinski definition) is 0. The first-order valence-electron chi connectivity index (χ1n) is 17.7. The number of ether oxygens (including phenoxy) is 1. The smallest absolute Gasteiger partial charge is 0.137 e. The first kappa shape index (κ1) is 30.1. The molecule has 52 heavy (non-hydrogen) atoms. The van der Waals surface area contributed by atoms with Crippen molar-refractivity contribution in [2.45, 2.75) is 13.8 Å². The van der Waals surface area contributed by atoms with Gasteiger partial charge in [-0.1, -0.05) is 72.8 Å². The summed E-state index contributed by atoms with van der Waals surface area (Å²) in [6.07, 6.45) is 0. The minimum Gasteiger partial charge on any atom is -0.456 e. The van der Waals surface area contributed by atoms with Crippen LogP contribution in [-0.4, -0.2) is 0 Å². The third kappa shape index (κ3) is 4.91. The SMILES string of the molecule is Cc1cccc(N(c2ccccc2)c2ccc3c(c2)Oc2cccc4c2c-3cc2oc3cc(N(c5ccccc5)c5cccc(C)c5)ccc3c24)c1. The number of furan rings is 1. The van der Waals surface area contributed by atoms with Crippen molar-refractivity contribution in [1.29, 1.82) is 0 Å². The molecule has 0 aliphatic carbocycles. The Bertz CT molecular complexity index is 2800. The Morgan fingerprint density at radius 3 is 1.60 bits per heavy atom. The second kappa shape index (κ2) is 11.9. The van der Waals surface area contributed by atoms with Crippen LogP contribution < -0.4 is 14.5 Å². The summed E-state index contributed by atoms with van der Waals surface area (Å²) < 4.78 is 13.5. The van der Waals surface area contributed by atoms with Gasteiger partial charge in [-0.3, -0.25) is 0 Å². The Morgan fingerprint density at radius 1 is 0.365 bits per heavy atom. The van der Waals surface area contributed by atoms with Crippen molar-refractivity contribution in [3.63, 3.8) is 0 Å². The molecule has 8 aromatic carbocycles. The molecule has 1 aromatic heterocycles. The summed E-state index contributed by atoms with van der Waals surface area (Å²) in [7, 11) is 0. The Balaban J connectivity index is 1.13. The van der Waals surface area contributed by atoms with E-state index in [1.807, 2.05) is 0 Å². The molecule has 0 fully saturated rings. The highest BCUT2D eigenvalue weighted by atomic mass is 16.5. The zero-order valence-electron chi connectivity index (χ0n) is 28.9. The van der Waals surface area contributed by atoms with Crippen LogP contribution in [-0.2, 0) is 0 Å². The lowest BCUT2D eigenvalue weighted by Gasteiger charge is -2.28. The van der Waals surface area contributed by atoms with Crippen LogP contribution in [0.2, 0.25) is 0 Å². The lowest BCUT2D eigenvalue weighted by Crippen LogP contribution is -2.10. The maximum absolute atomic E-state index is 6.78. The van der Waals surface area contributed by atoms with Crippen molar-refractivity contribution in [1.82, 2.24) is 0 Å². The molecule has 2 heterocycles. The van der Waals surface area contributed by atoms with Gasteiger partial charge >= 0.3 is 0 Å². The first-order valence-corrected chi connectivity index (χ1v) is 17.7. The van der Waals surface area contributed by atoms with E-state index in [9.17, 15) is 0 Å². The van der Waals surface area contributed by atoms with E-state index in [1.54, 1.807) is 0 Å². The van der Waals surface area contributed by atoms with Gasteiger partial charge in [0.1, 0.15) is 22.7 Å². The molecule has 1 aliphatic rings. The molecule has 0 N–H and O–H groups in total. The summed E-state index contributed by atoms with van der Waals surface area (Å²) in [5, 5.41) is 4.40. The van der Waals surface area contributed by atoms with Crippen molar-refractivity contribution in [3.8, 4) is 22.6 Å². The number of anilines is 6. The lowest BCUT2D eigenvalue weighted by molar-refractivity contribution is 0.487. The van der Waals surface area contributed by atoms with Crippen LogP contribution in [0.25, 0.3) is 43.8 Å². The third-order valence-electron chi connectivity index (χ3n) is 10.1. The Morgan fingerprint density at radius 2 is 0.942 bits per heavy atom. The number of hydrogen-bond acceptors (Lipinski definition) is 4. The van der Waals surface area contributed by atoms with E-state index in [4.69, 9.17) is 9.15 Å². The molecule has 1 aliphatic heterocycles. The second-order valence-electron chi connectivity index (χ2n) is 13.6. The van der Waals surface area contributed by atoms with Gasteiger partial charge in [0, 0.05) is 73.5 Å². The molecule has 0 bridgehead atoms. The topological polar surface area (TPSA) is 28.9 Å². The summed E-state index contributed by atoms with van der Waals surface area (Å²) in [4.78, 5) is 4.56. The summed E-state index contributed by atoms with van der Waals surface area (Å²) in [5.41, 5.74) is 12.7. The molecular formula is C48H34N2O2. The highest BCUT2D eigenvalue weighted by molar-refractivity contribution is 6.24. The van der Waals surface area contributed by atoms with Crippen LogP contribution in [0.4, 0.5) is 34.1 Å².